The summed E-state index contributed by atoms with van der Waals surface area (Å²) >= 11 is 0. The van der Waals surface area contributed by atoms with Crippen LogP contribution in [0.15, 0.2) is 54.6 Å². The van der Waals surface area contributed by atoms with E-state index in [9.17, 15) is 0 Å². The van der Waals surface area contributed by atoms with Gasteiger partial charge >= 0.3 is 0 Å². The Hall–Kier alpha value is -1.80. The molecule has 1 heterocycles. The Kier molecular flexibility index (Phi) is 3.29. The summed E-state index contributed by atoms with van der Waals surface area (Å²) in [5.41, 5.74) is 1.26. The minimum absolute atomic E-state index is 0.435. The van der Waals surface area contributed by atoms with E-state index in [1.54, 1.807) is 0 Å². The van der Waals surface area contributed by atoms with Crippen LogP contribution < -0.4 is 10.1 Å². The normalized spacial score (nSPS) is 18.8. The van der Waals surface area contributed by atoms with E-state index in [1.807, 2.05) is 42.5 Å². The summed E-state index contributed by atoms with van der Waals surface area (Å²) in [5.74, 6) is 1.85. The monoisotopic (exact) mass is 239 g/mol. The largest absolute Gasteiger partial charge is 0.457 e. The van der Waals surface area contributed by atoms with Crippen LogP contribution >= 0.6 is 0 Å². The number of benzene rings is 2. The maximum atomic E-state index is 5.98. The lowest BCUT2D eigenvalue weighted by Crippen LogP contribution is -2.13. The van der Waals surface area contributed by atoms with Crippen molar-refractivity contribution in [3.05, 3.63) is 60.2 Å². The van der Waals surface area contributed by atoms with E-state index < -0.39 is 0 Å². The first-order chi connectivity index (χ1) is 8.93. The minimum Gasteiger partial charge on any atom is -0.457 e. The van der Waals surface area contributed by atoms with Gasteiger partial charge in [-0.2, -0.15) is 0 Å². The Labute approximate surface area is 108 Å². The van der Waals surface area contributed by atoms with Crippen molar-refractivity contribution in [2.45, 2.75) is 18.9 Å². The molecule has 0 amide bonds. The topological polar surface area (TPSA) is 21.3 Å². The lowest BCUT2D eigenvalue weighted by Gasteiger charge is -2.16. The fourth-order valence-corrected chi connectivity index (χ4v) is 2.43. The second-order valence-electron chi connectivity index (χ2n) is 4.60. The molecule has 1 N–H and O–H groups in total. The van der Waals surface area contributed by atoms with E-state index in [2.05, 4.69) is 17.4 Å². The van der Waals surface area contributed by atoms with Gasteiger partial charge < -0.3 is 10.1 Å². The summed E-state index contributed by atoms with van der Waals surface area (Å²) in [6.07, 6.45) is 2.43. The average Bonchev–Trinajstić information content (AvgIpc) is 2.94. The quantitative estimate of drug-likeness (QED) is 0.877. The van der Waals surface area contributed by atoms with Crippen LogP contribution in [0, 0.1) is 0 Å². The van der Waals surface area contributed by atoms with E-state index in [0.29, 0.717) is 6.04 Å². The minimum atomic E-state index is 0.435. The maximum absolute atomic E-state index is 5.98. The van der Waals surface area contributed by atoms with Gasteiger partial charge in [-0.3, -0.25) is 0 Å². The number of hydrogen-bond acceptors (Lipinski definition) is 2. The van der Waals surface area contributed by atoms with Crippen molar-refractivity contribution in [2.75, 3.05) is 6.54 Å². The number of ether oxygens (including phenoxy) is 1. The first kappa shape index (κ1) is 11.3. The Bertz CT molecular complexity index is 504. The highest BCUT2D eigenvalue weighted by Crippen LogP contribution is 2.33. The van der Waals surface area contributed by atoms with Crippen LogP contribution in [0.2, 0.25) is 0 Å². The zero-order chi connectivity index (χ0) is 12.2. The first-order valence-corrected chi connectivity index (χ1v) is 6.49. The van der Waals surface area contributed by atoms with Crippen LogP contribution in [0.25, 0.3) is 0 Å². The van der Waals surface area contributed by atoms with Gasteiger partial charge in [-0.1, -0.05) is 36.4 Å². The molecular formula is C16H17NO. The van der Waals surface area contributed by atoms with Crippen molar-refractivity contribution < 1.29 is 4.74 Å². The van der Waals surface area contributed by atoms with E-state index in [4.69, 9.17) is 4.74 Å². The SMILES string of the molecule is c1ccc(Oc2ccccc2[C@H]2CCCN2)cc1. The third kappa shape index (κ3) is 2.39. The highest BCUT2D eigenvalue weighted by atomic mass is 16.5. The average molecular weight is 239 g/mol. The fraction of sp³-hybridized carbons (Fsp3) is 0.250. The molecule has 0 radical (unpaired) electrons. The van der Waals surface area contributed by atoms with Gasteiger partial charge in [-0.25, -0.2) is 0 Å². The molecule has 1 aliphatic heterocycles. The second-order valence-corrected chi connectivity index (χ2v) is 4.60. The molecular weight excluding hydrogens is 222 g/mol. The van der Waals surface area contributed by atoms with Crippen LogP contribution in [0.1, 0.15) is 24.4 Å². The number of rotatable bonds is 3. The predicted octanol–water partition coefficient (Wildman–Crippen LogP) is 3.90. The highest BCUT2D eigenvalue weighted by molar-refractivity contribution is 5.40. The third-order valence-corrected chi connectivity index (χ3v) is 3.33. The van der Waals surface area contributed by atoms with Crippen molar-refractivity contribution in [1.82, 2.24) is 5.32 Å². The van der Waals surface area contributed by atoms with E-state index in [-0.39, 0.29) is 0 Å². The number of hydrogen-bond donors (Lipinski definition) is 1. The Morgan fingerprint density at radius 1 is 0.944 bits per heavy atom. The smallest absolute Gasteiger partial charge is 0.132 e. The van der Waals surface area contributed by atoms with Gasteiger partial charge in [-0.05, 0) is 37.6 Å². The van der Waals surface area contributed by atoms with Crippen LogP contribution in [-0.4, -0.2) is 6.54 Å². The van der Waals surface area contributed by atoms with Crippen LogP contribution in [0.5, 0.6) is 11.5 Å². The van der Waals surface area contributed by atoms with Crippen molar-refractivity contribution in [2.24, 2.45) is 0 Å². The summed E-state index contributed by atoms with van der Waals surface area (Å²) in [6.45, 7) is 1.10. The summed E-state index contributed by atoms with van der Waals surface area (Å²) in [5, 5.41) is 3.52. The van der Waals surface area contributed by atoms with E-state index >= 15 is 0 Å². The molecule has 0 saturated carbocycles. The van der Waals surface area contributed by atoms with Gasteiger partial charge in [0, 0.05) is 11.6 Å². The molecule has 2 aromatic rings. The Morgan fingerprint density at radius 3 is 2.50 bits per heavy atom. The van der Waals surface area contributed by atoms with Crippen molar-refractivity contribution in [3.8, 4) is 11.5 Å². The van der Waals surface area contributed by atoms with Crippen molar-refractivity contribution in [3.63, 3.8) is 0 Å². The molecule has 0 bridgehead atoms. The lowest BCUT2D eigenvalue weighted by molar-refractivity contribution is 0.465. The zero-order valence-electron chi connectivity index (χ0n) is 10.3. The summed E-state index contributed by atoms with van der Waals surface area (Å²) < 4.78 is 5.98. The Morgan fingerprint density at radius 2 is 1.72 bits per heavy atom. The first-order valence-electron chi connectivity index (χ1n) is 6.49. The van der Waals surface area contributed by atoms with Gasteiger partial charge in [-0.15, -0.1) is 0 Å². The molecule has 0 aromatic heterocycles. The summed E-state index contributed by atoms with van der Waals surface area (Å²) in [4.78, 5) is 0. The van der Waals surface area contributed by atoms with Gasteiger partial charge in [0.05, 0.1) is 0 Å². The van der Waals surface area contributed by atoms with Gasteiger partial charge in [0.15, 0.2) is 0 Å². The summed E-state index contributed by atoms with van der Waals surface area (Å²) in [6, 6.07) is 18.7. The van der Waals surface area contributed by atoms with Crippen LogP contribution in [0.4, 0.5) is 0 Å². The van der Waals surface area contributed by atoms with E-state index in [0.717, 1.165) is 18.0 Å². The molecule has 2 aromatic carbocycles. The van der Waals surface area contributed by atoms with Gasteiger partial charge in [0.1, 0.15) is 11.5 Å². The van der Waals surface area contributed by atoms with E-state index in [1.165, 1.54) is 18.4 Å². The fourth-order valence-electron chi connectivity index (χ4n) is 2.43. The number of nitrogens with one attached hydrogen (secondary N) is 1. The molecule has 1 fully saturated rings. The molecule has 18 heavy (non-hydrogen) atoms. The number of para-hydroxylation sites is 2. The van der Waals surface area contributed by atoms with Crippen molar-refractivity contribution in [1.29, 1.82) is 0 Å². The molecule has 0 spiro atoms. The van der Waals surface area contributed by atoms with Crippen LogP contribution in [-0.2, 0) is 0 Å². The van der Waals surface area contributed by atoms with Gasteiger partial charge in [0.25, 0.3) is 0 Å². The lowest BCUT2D eigenvalue weighted by atomic mass is 10.0. The highest BCUT2D eigenvalue weighted by Gasteiger charge is 2.19. The molecule has 1 saturated heterocycles. The standard InChI is InChI=1S/C16H17NO/c1-2-7-13(8-3-1)18-16-11-5-4-9-14(16)15-10-6-12-17-15/h1-5,7-9,11,15,17H,6,10,12H2/t15-/m1/s1. The van der Waals surface area contributed by atoms with Gasteiger partial charge in [0.2, 0.25) is 0 Å². The third-order valence-electron chi connectivity index (χ3n) is 3.33. The van der Waals surface area contributed by atoms with Crippen molar-refractivity contribution >= 4 is 0 Å². The molecule has 1 atom stereocenters. The summed E-state index contributed by atoms with van der Waals surface area (Å²) in [7, 11) is 0. The molecule has 0 unspecified atom stereocenters. The van der Waals surface area contributed by atoms with Crippen LogP contribution in [0.3, 0.4) is 0 Å². The Balaban J connectivity index is 1.87. The predicted molar refractivity (Wildman–Crippen MR) is 72.9 cm³/mol. The molecule has 1 aliphatic rings. The zero-order valence-corrected chi connectivity index (χ0v) is 10.3. The molecule has 0 aliphatic carbocycles. The molecule has 2 heteroatoms. The maximum Gasteiger partial charge on any atom is 0.132 e. The second kappa shape index (κ2) is 5.23. The molecule has 3 rings (SSSR count). The molecule has 2 nitrogen and oxygen atoms in total. The molecule has 92 valence electrons.